The molecule has 1 aliphatic heterocycles. The summed E-state index contributed by atoms with van der Waals surface area (Å²) in [6.45, 7) is 6.22. The number of ketones is 1. The van der Waals surface area contributed by atoms with Crippen LogP contribution in [-0.2, 0) is 16.1 Å². The SMILES string of the molecule is C[C@]12CCC(=O)CC1=NC[C@@H]1[C@H]2CC[C@]2(C)C(C(=O)NCc3ccccc3)CC[C@@H]12. The monoisotopic (exact) mass is 406 g/mol. The van der Waals surface area contributed by atoms with Gasteiger partial charge < -0.3 is 5.32 Å². The van der Waals surface area contributed by atoms with E-state index in [1.807, 2.05) is 18.2 Å². The second kappa shape index (κ2) is 7.32. The van der Waals surface area contributed by atoms with Crippen LogP contribution >= 0.6 is 0 Å². The normalized spacial score (nSPS) is 40.1. The van der Waals surface area contributed by atoms with E-state index in [0.717, 1.165) is 37.8 Å². The summed E-state index contributed by atoms with van der Waals surface area (Å²) in [7, 11) is 0. The van der Waals surface area contributed by atoms with Gasteiger partial charge in [0.15, 0.2) is 0 Å². The zero-order valence-corrected chi connectivity index (χ0v) is 18.3. The largest absolute Gasteiger partial charge is 0.352 e. The number of Topliss-reactive ketones (excluding diaryl/α,β-unsaturated/α-hetero) is 1. The molecule has 1 amide bonds. The lowest BCUT2D eigenvalue weighted by atomic mass is 9.49. The van der Waals surface area contributed by atoms with E-state index in [1.54, 1.807) is 0 Å². The molecule has 4 aliphatic rings. The van der Waals surface area contributed by atoms with Crippen molar-refractivity contribution in [1.29, 1.82) is 0 Å². The van der Waals surface area contributed by atoms with E-state index in [-0.39, 0.29) is 22.7 Å². The molecule has 0 spiro atoms. The lowest BCUT2D eigenvalue weighted by Crippen LogP contribution is -2.55. The van der Waals surface area contributed by atoms with E-state index in [9.17, 15) is 9.59 Å². The van der Waals surface area contributed by atoms with E-state index in [0.29, 0.717) is 42.9 Å². The molecule has 1 N–H and O–H groups in total. The van der Waals surface area contributed by atoms with Crippen molar-refractivity contribution in [3.8, 4) is 0 Å². The second-order valence-corrected chi connectivity index (χ2v) is 10.7. The zero-order chi connectivity index (χ0) is 20.9. The van der Waals surface area contributed by atoms with Gasteiger partial charge in [0.05, 0.1) is 0 Å². The topological polar surface area (TPSA) is 58.5 Å². The van der Waals surface area contributed by atoms with E-state index >= 15 is 0 Å². The van der Waals surface area contributed by atoms with Crippen LogP contribution in [0.4, 0.5) is 0 Å². The molecule has 5 rings (SSSR count). The van der Waals surface area contributed by atoms with Crippen molar-refractivity contribution in [3.63, 3.8) is 0 Å². The minimum Gasteiger partial charge on any atom is -0.352 e. The Bertz CT molecular complexity index is 878. The Kier molecular flexibility index (Phi) is 4.87. The average molecular weight is 407 g/mol. The Labute approximate surface area is 179 Å². The fourth-order valence-corrected chi connectivity index (χ4v) is 7.54. The number of nitrogens with zero attached hydrogens (tertiary/aromatic N) is 1. The number of nitrogens with one attached hydrogen (secondary N) is 1. The maximum atomic E-state index is 13.2. The van der Waals surface area contributed by atoms with Gasteiger partial charge in [0.1, 0.15) is 5.78 Å². The van der Waals surface area contributed by atoms with Gasteiger partial charge in [-0.1, -0.05) is 44.2 Å². The molecule has 1 heterocycles. The van der Waals surface area contributed by atoms with E-state index in [1.165, 1.54) is 12.1 Å². The Morgan fingerprint density at radius 1 is 1.10 bits per heavy atom. The molecule has 3 aliphatic carbocycles. The van der Waals surface area contributed by atoms with Crippen LogP contribution in [0.15, 0.2) is 35.3 Å². The number of rotatable bonds is 3. The highest BCUT2D eigenvalue weighted by molar-refractivity contribution is 6.07. The molecule has 0 bridgehead atoms. The fourth-order valence-electron chi connectivity index (χ4n) is 7.54. The number of hydrogen-bond donors (Lipinski definition) is 1. The van der Waals surface area contributed by atoms with Gasteiger partial charge in [-0.25, -0.2) is 0 Å². The number of amides is 1. The van der Waals surface area contributed by atoms with Gasteiger partial charge in [-0.2, -0.15) is 0 Å². The van der Waals surface area contributed by atoms with Gasteiger partial charge in [-0.15, -0.1) is 0 Å². The molecule has 30 heavy (non-hydrogen) atoms. The highest BCUT2D eigenvalue weighted by Gasteiger charge is 2.60. The third-order valence-electron chi connectivity index (χ3n) is 9.32. The number of carbonyl (C=O) groups is 2. The smallest absolute Gasteiger partial charge is 0.223 e. The van der Waals surface area contributed by atoms with Gasteiger partial charge in [0.25, 0.3) is 0 Å². The summed E-state index contributed by atoms with van der Waals surface area (Å²) >= 11 is 0. The Hall–Kier alpha value is -1.97. The summed E-state index contributed by atoms with van der Waals surface area (Å²) in [5.41, 5.74) is 2.52. The maximum absolute atomic E-state index is 13.2. The first kappa shape index (κ1) is 20.0. The number of aliphatic imine (C=N–C) groups is 1. The number of fused-ring (bicyclic) bond motifs is 5. The van der Waals surface area contributed by atoms with Crippen LogP contribution in [0.2, 0.25) is 0 Å². The average Bonchev–Trinajstić information content (AvgIpc) is 3.10. The lowest BCUT2D eigenvalue weighted by molar-refractivity contribution is -0.132. The van der Waals surface area contributed by atoms with Gasteiger partial charge >= 0.3 is 0 Å². The van der Waals surface area contributed by atoms with Gasteiger partial charge in [0, 0.05) is 43.0 Å². The number of carbonyl (C=O) groups excluding carboxylic acids is 2. The molecule has 3 fully saturated rings. The number of hydrogen-bond acceptors (Lipinski definition) is 3. The minimum absolute atomic E-state index is 0.0792. The lowest BCUT2D eigenvalue weighted by Gasteiger charge is -2.56. The van der Waals surface area contributed by atoms with Gasteiger partial charge in [0.2, 0.25) is 5.91 Å². The Morgan fingerprint density at radius 3 is 2.70 bits per heavy atom. The molecule has 1 unspecified atom stereocenters. The molecule has 4 nitrogen and oxygen atoms in total. The van der Waals surface area contributed by atoms with Crippen molar-refractivity contribution in [2.45, 2.75) is 65.3 Å². The van der Waals surface area contributed by atoms with Crippen molar-refractivity contribution in [2.24, 2.45) is 39.5 Å². The Morgan fingerprint density at radius 2 is 1.90 bits per heavy atom. The van der Waals surface area contributed by atoms with Gasteiger partial charge in [-0.05, 0) is 60.8 Å². The first-order valence-corrected chi connectivity index (χ1v) is 11.8. The second-order valence-electron chi connectivity index (χ2n) is 10.7. The molecule has 1 aromatic rings. The molecular formula is C26H34N2O2. The third-order valence-corrected chi connectivity index (χ3v) is 9.32. The van der Waals surface area contributed by atoms with Crippen LogP contribution in [0.3, 0.4) is 0 Å². The van der Waals surface area contributed by atoms with Crippen molar-refractivity contribution >= 4 is 17.4 Å². The third kappa shape index (κ3) is 3.06. The molecule has 0 saturated heterocycles. The fraction of sp³-hybridized carbons (Fsp3) is 0.654. The van der Waals surface area contributed by atoms with E-state index in [4.69, 9.17) is 4.99 Å². The van der Waals surface area contributed by atoms with Crippen molar-refractivity contribution in [1.82, 2.24) is 5.32 Å². The molecule has 6 atom stereocenters. The predicted octanol–water partition coefficient (Wildman–Crippen LogP) is 4.58. The van der Waals surface area contributed by atoms with E-state index < -0.39 is 0 Å². The van der Waals surface area contributed by atoms with Gasteiger partial charge in [-0.3, -0.25) is 14.6 Å². The molecule has 1 aromatic carbocycles. The van der Waals surface area contributed by atoms with Crippen LogP contribution in [0, 0.1) is 34.5 Å². The van der Waals surface area contributed by atoms with E-state index in [2.05, 4.69) is 31.3 Å². The van der Waals surface area contributed by atoms with Crippen LogP contribution < -0.4 is 5.32 Å². The van der Waals surface area contributed by atoms with Crippen molar-refractivity contribution in [2.75, 3.05) is 6.54 Å². The predicted molar refractivity (Wildman–Crippen MR) is 118 cm³/mol. The molecule has 3 saturated carbocycles. The first-order valence-electron chi connectivity index (χ1n) is 11.8. The molecular weight excluding hydrogens is 372 g/mol. The highest BCUT2D eigenvalue weighted by Crippen LogP contribution is 2.63. The maximum Gasteiger partial charge on any atom is 0.223 e. The number of benzene rings is 1. The Balaban J connectivity index is 1.33. The summed E-state index contributed by atoms with van der Waals surface area (Å²) in [5, 5.41) is 3.22. The summed E-state index contributed by atoms with van der Waals surface area (Å²) < 4.78 is 0. The van der Waals surface area contributed by atoms with Crippen molar-refractivity contribution < 1.29 is 9.59 Å². The molecule has 4 heteroatoms. The first-order chi connectivity index (χ1) is 14.4. The summed E-state index contributed by atoms with van der Waals surface area (Å²) in [6.07, 6.45) is 6.69. The van der Waals surface area contributed by atoms with Crippen LogP contribution in [0.25, 0.3) is 0 Å². The molecule has 160 valence electrons. The minimum atomic E-state index is 0.0792. The van der Waals surface area contributed by atoms with Crippen molar-refractivity contribution in [3.05, 3.63) is 35.9 Å². The van der Waals surface area contributed by atoms with Crippen LogP contribution in [-0.4, -0.2) is 23.9 Å². The van der Waals surface area contributed by atoms with Crippen LogP contribution in [0.1, 0.15) is 64.4 Å². The summed E-state index contributed by atoms with van der Waals surface area (Å²) in [6, 6.07) is 10.2. The zero-order valence-electron chi connectivity index (χ0n) is 18.3. The standard InChI is InChI=1S/C26H34N2O2/c1-25-13-11-21-19(16-27-23-14-18(29)10-12-26(21,23)2)20(25)8-9-22(25)24(30)28-15-17-6-4-3-5-7-17/h3-7,19-22H,8-16H2,1-2H3,(H,28,30)/t19-,20-,21+,22?,25-,26+/m0/s1. The van der Waals surface area contributed by atoms with Crippen LogP contribution in [0.5, 0.6) is 0 Å². The summed E-state index contributed by atoms with van der Waals surface area (Å²) in [5.74, 6) is 2.47. The summed E-state index contributed by atoms with van der Waals surface area (Å²) in [4.78, 5) is 30.2. The molecule has 0 radical (unpaired) electrons. The highest BCUT2D eigenvalue weighted by atomic mass is 16.2. The quantitative estimate of drug-likeness (QED) is 0.799. The molecule has 0 aromatic heterocycles.